The van der Waals surface area contributed by atoms with Crippen LogP contribution in [-0.4, -0.2) is 16.1 Å². The first kappa shape index (κ1) is 9.82. The van der Waals surface area contributed by atoms with Gasteiger partial charge < -0.3 is 5.11 Å². The van der Waals surface area contributed by atoms with Gasteiger partial charge in [0.05, 0.1) is 10.6 Å². The van der Waals surface area contributed by atoms with Gasteiger partial charge in [-0.2, -0.15) is 0 Å². The molecule has 3 nitrogen and oxygen atoms in total. The normalized spacial score (nSPS) is 10.4. The van der Waals surface area contributed by atoms with Crippen molar-refractivity contribution in [2.45, 2.75) is 0 Å². The van der Waals surface area contributed by atoms with Crippen LogP contribution in [-0.2, 0) is 0 Å². The number of hydrogen-bond acceptors (Lipinski definition) is 4. The Morgan fingerprint density at radius 3 is 2.71 bits per heavy atom. The summed E-state index contributed by atoms with van der Waals surface area (Å²) in [5.74, 6) is -0.975. The monoisotopic (exact) mass is 289 g/mol. The maximum Gasteiger partial charge on any atom is 0.365 e. The molecule has 2 aromatic heterocycles. The summed E-state index contributed by atoms with van der Waals surface area (Å²) in [4.78, 5) is 15.6. The first-order chi connectivity index (χ1) is 6.66. The Hall–Kier alpha value is -0.720. The fraction of sp³-hybridized carbons (Fsp3) is 0. The van der Waals surface area contributed by atoms with Gasteiger partial charge in [-0.05, 0) is 22.0 Å². The standard InChI is InChI=1S/C8H4BrNO2S2/c9-4-1-6(13-2-4)5-3-14-7(10-5)8(11)12/h1-3H,(H,11,12). The van der Waals surface area contributed by atoms with Crippen LogP contribution in [0, 0.1) is 0 Å². The molecule has 0 radical (unpaired) electrons. The van der Waals surface area contributed by atoms with Crippen LogP contribution >= 0.6 is 38.6 Å². The van der Waals surface area contributed by atoms with E-state index >= 15 is 0 Å². The zero-order chi connectivity index (χ0) is 10.1. The predicted molar refractivity (Wildman–Crippen MR) is 60.1 cm³/mol. The van der Waals surface area contributed by atoms with Gasteiger partial charge in [-0.3, -0.25) is 0 Å². The van der Waals surface area contributed by atoms with E-state index < -0.39 is 5.97 Å². The van der Waals surface area contributed by atoms with Crippen LogP contribution in [0.25, 0.3) is 10.6 Å². The molecular weight excluding hydrogens is 286 g/mol. The summed E-state index contributed by atoms with van der Waals surface area (Å²) in [6, 6.07) is 1.92. The second-order valence-corrected chi connectivity index (χ2v) is 5.16. The molecule has 0 amide bonds. The van der Waals surface area contributed by atoms with Crippen LogP contribution in [0.1, 0.15) is 9.80 Å². The van der Waals surface area contributed by atoms with E-state index in [1.54, 1.807) is 5.38 Å². The van der Waals surface area contributed by atoms with Crippen LogP contribution in [0.15, 0.2) is 21.3 Å². The minimum absolute atomic E-state index is 0.129. The number of nitrogens with zero attached hydrogens (tertiary/aromatic N) is 1. The fourth-order valence-electron chi connectivity index (χ4n) is 0.933. The topological polar surface area (TPSA) is 50.2 Å². The SMILES string of the molecule is O=C(O)c1nc(-c2cc(Br)cs2)cs1. The summed E-state index contributed by atoms with van der Waals surface area (Å²) in [5.41, 5.74) is 0.725. The third-order valence-corrected chi connectivity index (χ3v) is 4.05. The first-order valence-electron chi connectivity index (χ1n) is 3.60. The fourth-order valence-corrected chi connectivity index (χ4v) is 3.05. The Bertz CT molecular complexity index is 477. The van der Waals surface area contributed by atoms with Crippen LogP contribution in [0.5, 0.6) is 0 Å². The van der Waals surface area contributed by atoms with E-state index in [-0.39, 0.29) is 5.01 Å². The van der Waals surface area contributed by atoms with Crippen molar-refractivity contribution in [3.63, 3.8) is 0 Å². The number of carboxylic acid groups (broad SMARTS) is 1. The molecule has 0 aliphatic heterocycles. The number of aromatic nitrogens is 1. The van der Waals surface area contributed by atoms with Crippen molar-refractivity contribution in [2.75, 3.05) is 0 Å². The number of thiophene rings is 1. The lowest BCUT2D eigenvalue weighted by atomic mass is 10.4. The van der Waals surface area contributed by atoms with Gasteiger partial charge in [0, 0.05) is 15.2 Å². The van der Waals surface area contributed by atoms with Crippen LogP contribution in [0.4, 0.5) is 0 Å². The molecule has 0 spiro atoms. The summed E-state index contributed by atoms with van der Waals surface area (Å²) < 4.78 is 0.988. The maximum absolute atomic E-state index is 10.6. The second-order valence-electron chi connectivity index (χ2n) is 2.47. The molecule has 0 unspecified atom stereocenters. The highest BCUT2D eigenvalue weighted by atomic mass is 79.9. The van der Waals surface area contributed by atoms with E-state index in [0.717, 1.165) is 26.4 Å². The molecule has 0 saturated heterocycles. The highest BCUT2D eigenvalue weighted by Gasteiger charge is 2.11. The van der Waals surface area contributed by atoms with Crippen molar-refractivity contribution >= 4 is 44.6 Å². The third-order valence-electron chi connectivity index (χ3n) is 1.51. The predicted octanol–water partition coefficient (Wildman–Crippen LogP) is 3.33. The van der Waals surface area contributed by atoms with Crippen molar-refractivity contribution in [1.82, 2.24) is 4.98 Å². The van der Waals surface area contributed by atoms with Crippen molar-refractivity contribution in [3.05, 3.63) is 26.3 Å². The molecule has 2 rings (SSSR count). The molecule has 0 atom stereocenters. The van der Waals surface area contributed by atoms with Crippen molar-refractivity contribution in [2.24, 2.45) is 0 Å². The molecule has 0 fully saturated rings. The second kappa shape index (κ2) is 3.80. The Labute approximate surface area is 96.2 Å². The minimum Gasteiger partial charge on any atom is -0.476 e. The van der Waals surface area contributed by atoms with Gasteiger partial charge in [-0.1, -0.05) is 0 Å². The van der Waals surface area contributed by atoms with E-state index in [0.29, 0.717) is 0 Å². The number of halogens is 1. The molecule has 0 saturated carbocycles. The molecule has 0 aliphatic carbocycles. The van der Waals surface area contributed by atoms with Gasteiger partial charge in [0.25, 0.3) is 0 Å². The number of rotatable bonds is 2. The highest BCUT2D eigenvalue weighted by Crippen LogP contribution is 2.30. The van der Waals surface area contributed by atoms with Gasteiger partial charge in [-0.25, -0.2) is 9.78 Å². The van der Waals surface area contributed by atoms with Gasteiger partial charge >= 0.3 is 5.97 Å². The number of carbonyl (C=O) groups is 1. The van der Waals surface area contributed by atoms with Crippen molar-refractivity contribution < 1.29 is 9.90 Å². The lowest BCUT2D eigenvalue weighted by Crippen LogP contribution is -1.93. The van der Waals surface area contributed by atoms with E-state index in [4.69, 9.17) is 5.11 Å². The molecule has 0 bridgehead atoms. The quantitative estimate of drug-likeness (QED) is 0.923. The minimum atomic E-state index is -0.975. The Morgan fingerprint density at radius 1 is 1.43 bits per heavy atom. The summed E-state index contributed by atoms with van der Waals surface area (Å²) in [6.45, 7) is 0. The van der Waals surface area contributed by atoms with Gasteiger partial charge in [0.2, 0.25) is 5.01 Å². The van der Waals surface area contributed by atoms with Gasteiger partial charge in [0.1, 0.15) is 0 Å². The molecule has 6 heteroatoms. The van der Waals surface area contributed by atoms with Gasteiger partial charge in [0.15, 0.2) is 0 Å². The largest absolute Gasteiger partial charge is 0.476 e. The number of carboxylic acids is 1. The number of thiazole rings is 1. The van der Waals surface area contributed by atoms with Gasteiger partial charge in [-0.15, -0.1) is 22.7 Å². The van der Waals surface area contributed by atoms with E-state index in [9.17, 15) is 4.79 Å². The van der Waals surface area contributed by atoms with E-state index in [1.165, 1.54) is 11.3 Å². The maximum atomic E-state index is 10.6. The Balaban J connectivity index is 2.38. The molecule has 0 aromatic carbocycles. The van der Waals surface area contributed by atoms with E-state index in [2.05, 4.69) is 20.9 Å². The molecule has 2 heterocycles. The highest BCUT2D eigenvalue weighted by molar-refractivity contribution is 9.10. The summed E-state index contributed by atoms with van der Waals surface area (Å²) >= 11 is 6.01. The zero-order valence-corrected chi connectivity index (χ0v) is 9.95. The molecular formula is C8H4BrNO2S2. The lowest BCUT2D eigenvalue weighted by Gasteiger charge is -1.86. The Kier molecular flexibility index (Phi) is 2.66. The van der Waals surface area contributed by atoms with Crippen molar-refractivity contribution in [3.8, 4) is 10.6 Å². The molecule has 1 N–H and O–H groups in total. The first-order valence-corrected chi connectivity index (χ1v) is 6.15. The average molecular weight is 290 g/mol. The molecule has 14 heavy (non-hydrogen) atoms. The van der Waals surface area contributed by atoms with Crippen LogP contribution in [0.2, 0.25) is 0 Å². The molecule has 72 valence electrons. The smallest absolute Gasteiger partial charge is 0.365 e. The summed E-state index contributed by atoms with van der Waals surface area (Å²) in [7, 11) is 0. The molecule has 0 aliphatic rings. The third kappa shape index (κ3) is 1.87. The summed E-state index contributed by atoms with van der Waals surface area (Å²) in [6.07, 6.45) is 0. The average Bonchev–Trinajstić information content (AvgIpc) is 2.70. The summed E-state index contributed by atoms with van der Waals surface area (Å²) in [5, 5.41) is 12.5. The zero-order valence-electron chi connectivity index (χ0n) is 6.73. The van der Waals surface area contributed by atoms with E-state index in [1.807, 2.05) is 11.4 Å². The number of aromatic carboxylic acids is 1. The Morgan fingerprint density at radius 2 is 2.21 bits per heavy atom. The number of hydrogen-bond donors (Lipinski definition) is 1. The lowest BCUT2D eigenvalue weighted by molar-refractivity contribution is 0.0696. The van der Waals surface area contributed by atoms with Crippen LogP contribution in [0.3, 0.4) is 0 Å². The van der Waals surface area contributed by atoms with Crippen LogP contribution < -0.4 is 0 Å². The van der Waals surface area contributed by atoms with Crippen molar-refractivity contribution in [1.29, 1.82) is 0 Å². The molecule has 2 aromatic rings.